The molecule has 1 aliphatic heterocycles. The number of anilines is 2. The Morgan fingerprint density at radius 3 is 3.07 bits per heavy atom. The summed E-state index contributed by atoms with van der Waals surface area (Å²) in [6, 6.07) is 3.72. The lowest BCUT2D eigenvalue weighted by Gasteiger charge is -2.23. The van der Waals surface area contributed by atoms with Crippen molar-refractivity contribution >= 4 is 11.5 Å². The lowest BCUT2D eigenvalue weighted by Crippen LogP contribution is -2.32. The van der Waals surface area contributed by atoms with E-state index in [1.165, 1.54) is 0 Å². The summed E-state index contributed by atoms with van der Waals surface area (Å²) in [5.74, 6) is 0.848. The van der Waals surface area contributed by atoms with E-state index in [9.17, 15) is 0 Å². The van der Waals surface area contributed by atoms with Gasteiger partial charge in [0, 0.05) is 13.2 Å². The molecule has 0 aliphatic carbocycles. The lowest BCUT2D eigenvalue weighted by molar-refractivity contribution is 0.0315. The van der Waals surface area contributed by atoms with E-state index in [2.05, 4.69) is 17.2 Å². The quantitative estimate of drug-likeness (QED) is 0.791. The van der Waals surface area contributed by atoms with Gasteiger partial charge in [-0.3, -0.25) is 0 Å². The van der Waals surface area contributed by atoms with Gasteiger partial charge in [0.2, 0.25) is 0 Å². The third kappa shape index (κ3) is 2.59. The van der Waals surface area contributed by atoms with Crippen LogP contribution in [0.2, 0.25) is 0 Å². The normalized spacial score (nSPS) is 25.4. The van der Waals surface area contributed by atoms with Crippen LogP contribution in [0, 0.1) is 0 Å². The number of ether oxygens (including phenoxy) is 1. The van der Waals surface area contributed by atoms with E-state index >= 15 is 0 Å². The number of aromatic nitrogens is 1. The topological polar surface area (TPSA) is 60.2 Å². The molecule has 4 heteroatoms. The van der Waals surface area contributed by atoms with Crippen molar-refractivity contribution in [2.24, 2.45) is 0 Å². The monoisotopic (exact) mass is 207 g/mol. The maximum Gasteiger partial charge on any atom is 0.126 e. The summed E-state index contributed by atoms with van der Waals surface area (Å²) in [5, 5.41) is 3.26. The Balaban J connectivity index is 1.90. The average molecular weight is 207 g/mol. The molecule has 0 radical (unpaired) electrons. The van der Waals surface area contributed by atoms with Crippen LogP contribution in [0.25, 0.3) is 0 Å². The largest absolute Gasteiger partial charge is 0.397 e. The van der Waals surface area contributed by atoms with Gasteiger partial charge in [-0.25, -0.2) is 4.98 Å². The molecular formula is C11H17N3O. The molecule has 82 valence electrons. The molecule has 1 fully saturated rings. The summed E-state index contributed by atoms with van der Waals surface area (Å²) in [6.45, 7) is 3.79. The van der Waals surface area contributed by atoms with Crippen molar-refractivity contribution in [3.63, 3.8) is 0 Å². The van der Waals surface area contributed by atoms with Crippen LogP contribution in [-0.2, 0) is 4.74 Å². The predicted octanol–water partition coefficient (Wildman–Crippen LogP) is 1.64. The maximum atomic E-state index is 5.67. The van der Waals surface area contributed by atoms with Crippen molar-refractivity contribution in [2.45, 2.75) is 25.4 Å². The first kappa shape index (κ1) is 10.2. The van der Waals surface area contributed by atoms with Gasteiger partial charge in [0.15, 0.2) is 0 Å². The van der Waals surface area contributed by atoms with E-state index < -0.39 is 0 Å². The van der Waals surface area contributed by atoms with E-state index in [4.69, 9.17) is 10.5 Å². The molecule has 0 bridgehead atoms. The van der Waals surface area contributed by atoms with Crippen molar-refractivity contribution in [1.29, 1.82) is 0 Å². The highest BCUT2D eigenvalue weighted by molar-refractivity contribution is 5.43. The smallest absolute Gasteiger partial charge is 0.126 e. The molecule has 2 rings (SSSR count). The minimum absolute atomic E-state index is 0.0386. The molecule has 4 nitrogen and oxygen atoms in total. The number of nitrogens with one attached hydrogen (secondary N) is 1. The number of hydrogen-bond acceptors (Lipinski definition) is 4. The summed E-state index contributed by atoms with van der Waals surface area (Å²) in [4.78, 5) is 4.18. The van der Waals surface area contributed by atoms with Crippen LogP contribution in [0.3, 0.4) is 0 Å². The number of rotatable bonds is 3. The molecule has 0 saturated carbocycles. The number of nitrogens with two attached hydrogens (primary N) is 1. The zero-order valence-electron chi connectivity index (χ0n) is 8.99. The van der Waals surface area contributed by atoms with Crippen molar-refractivity contribution in [3.05, 3.63) is 18.3 Å². The molecule has 1 aromatic rings. The number of hydrogen-bond donors (Lipinski definition) is 2. The van der Waals surface area contributed by atoms with Gasteiger partial charge in [0.25, 0.3) is 0 Å². The predicted molar refractivity (Wildman–Crippen MR) is 60.7 cm³/mol. The molecule has 1 aromatic heterocycles. The fraction of sp³-hybridized carbons (Fsp3) is 0.545. The maximum absolute atomic E-state index is 5.67. The zero-order chi connectivity index (χ0) is 10.7. The molecule has 2 heterocycles. The molecule has 1 atom stereocenters. The number of pyridine rings is 1. The molecule has 1 unspecified atom stereocenters. The van der Waals surface area contributed by atoms with Crippen molar-refractivity contribution in [3.8, 4) is 0 Å². The minimum Gasteiger partial charge on any atom is -0.397 e. The zero-order valence-corrected chi connectivity index (χ0v) is 8.99. The molecule has 0 spiro atoms. The van der Waals surface area contributed by atoms with Crippen molar-refractivity contribution in [1.82, 2.24) is 4.98 Å². The van der Waals surface area contributed by atoms with Crippen molar-refractivity contribution in [2.75, 3.05) is 24.2 Å². The number of nitrogen functional groups attached to an aromatic ring is 1. The van der Waals surface area contributed by atoms with Gasteiger partial charge in [-0.05, 0) is 31.9 Å². The van der Waals surface area contributed by atoms with Crippen LogP contribution < -0.4 is 11.1 Å². The highest BCUT2D eigenvalue weighted by atomic mass is 16.5. The molecule has 1 aliphatic rings. The second-order valence-corrected chi connectivity index (χ2v) is 4.23. The molecule has 3 N–H and O–H groups in total. The average Bonchev–Trinajstić information content (AvgIpc) is 2.65. The highest BCUT2D eigenvalue weighted by Crippen LogP contribution is 2.25. The summed E-state index contributed by atoms with van der Waals surface area (Å²) in [6.07, 6.45) is 3.91. The molecule has 0 amide bonds. The van der Waals surface area contributed by atoms with Crippen LogP contribution in [0.5, 0.6) is 0 Å². The fourth-order valence-electron chi connectivity index (χ4n) is 1.76. The van der Waals surface area contributed by atoms with Gasteiger partial charge in [0.1, 0.15) is 5.82 Å². The van der Waals surface area contributed by atoms with Crippen LogP contribution in [-0.4, -0.2) is 23.7 Å². The summed E-state index contributed by atoms with van der Waals surface area (Å²) in [5.41, 5.74) is 6.20. The van der Waals surface area contributed by atoms with E-state index in [0.717, 1.165) is 31.8 Å². The molecule has 0 aromatic carbocycles. The Labute approximate surface area is 89.8 Å². The Hall–Kier alpha value is -1.29. The van der Waals surface area contributed by atoms with Gasteiger partial charge in [-0.2, -0.15) is 0 Å². The first-order chi connectivity index (χ1) is 7.18. The van der Waals surface area contributed by atoms with Gasteiger partial charge in [-0.15, -0.1) is 0 Å². The van der Waals surface area contributed by atoms with Crippen LogP contribution in [0.15, 0.2) is 18.3 Å². The Bertz CT molecular complexity index is 317. The fourth-order valence-corrected chi connectivity index (χ4v) is 1.76. The van der Waals surface area contributed by atoms with Crippen LogP contribution in [0.1, 0.15) is 19.8 Å². The third-order valence-electron chi connectivity index (χ3n) is 2.73. The molecular weight excluding hydrogens is 190 g/mol. The second-order valence-electron chi connectivity index (χ2n) is 4.23. The molecule has 15 heavy (non-hydrogen) atoms. The first-order valence-electron chi connectivity index (χ1n) is 5.27. The summed E-state index contributed by atoms with van der Waals surface area (Å²) >= 11 is 0. The Morgan fingerprint density at radius 2 is 2.47 bits per heavy atom. The number of nitrogens with zero attached hydrogens (tertiary/aromatic N) is 1. The first-order valence-corrected chi connectivity index (χ1v) is 5.27. The van der Waals surface area contributed by atoms with Gasteiger partial charge >= 0.3 is 0 Å². The Kier molecular flexibility index (Phi) is 2.77. The second kappa shape index (κ2) is 4.06. The van der Waals surface area contributed by atoms with Gasteiger partial charge in [0.05, 0.1) is 17.5 Å². The van der Waals surface area contributed by atoms with Gasteiger partial charge < -0.3 is 15.8 Å². The third-order valence-corrected chi connectivity index (χ3v) is 2.73. The SMILES string of the molecule is CC1(CNc2ccc(N)cn2)CCCO1. The minimum atomic E-state index is -0.0386. The van der Waals surface area contributed by atoms with E-state index in [0.29, 0.717) is 5.69 Å². The standard InChI is InChI=1S/C11H17N3O/c1-11(5-2-6-15-11)8-14-10-4-3-9(12)7-13-10/h3-4,7H,2,5-6,8,12H2,1H3,(H,13,14). The molecule has 1 saturated heterocycles. The van der Waals surface area contributed by atoms with E-state index in [-0.39, 0.29) is 5.60 Å². The van der Waals surface area contributed by atoms with E-state index in [1.807, 2.05) is 12.1 Å². The Morgan fingerprint density at radius 1 is 1.60 bits per heavy atom. The van der Waals surface area contributed by atoms with Crippen LogP contribution in [0.4, 0.5) is 11.5 Å². The van der Waals surface area contributed by atoms with Gasteiger partial charge in [-0.1, -0.05) is 0 Å². The highest BCUT2D eigenvalue weighted by Gasteiger charge is 2.29. The summed E-state index contributed by atoms with van der Waals surface area (Å²) in [7, 11) is 0. The summed E-state index contributed by atoms with van der Waals surface area (Å²) < 4.78 is 5.67. The van der Waals surface area contributed by atoms with Crippen LogP contribution >= 0.6 is 0 Å². The van der Waals surface area contributed by atoms with Crippen molar-refractivity contribution < 1.29 is 4.74 Å². The lowest BCUT2D eigenvalue weighted by atomic mass is 10.0. The van der Waals surface area contributed by atoms with E-state index in [1.54, 1.807) is 6.20 Å².